The van der Waals surface area contributed by atoms with Crippen LogP contribution in [0.25, 0.3) is 0 Å². The van der Waals surface area contributed by atoms with Crippen LogP contribution in [-0.4, -0.2) is 30.0 Å². The topological polar surface area (TPSA) is 132 Å². The van der Waals surface area contributed by atoms with E-state index in [1.165, 1.54) is 6.07 Å². The highest BCUT2D eigenvalue weighted by atomic mass is 16.6. The molecule has 9 nitrogen and oxygen atoms in total. The predicted octanol–water partition coefficient (Wildman–Crippen LogP) is 1.76. The van der Waals surface area contributed by atoms with Crippen LogP contribution in [0.5, 0.6) is 5.75 Å². The molecule has 0 spiro atoms. The molecule has 9 heteroatoms. The fourth-order valence-electron chi connectivity index (χ4n) is 1.87. The Labute approximate surface area is 137 Å². The standard InChI is InChI=1S/C15H15N3O6/c1-9(19)23-8-15(20)17-12-5-14(24-7-10-2-3-10)11(6-16)4-13(12)18(21)22/h4-5,10H,2-3,7-8H2,1H3,(H,17,20). The minimum atomic E-state index is -0.730. The maximum atomic E-state index is 11.7. The molecule has 1 saturated carbocycles. The molecule has 0 heterocycles. The second-order valence-electron chi connectivity index (χ2n) is 5.32. The minimum absolute atomic E-state index is 0.0142. The molecule has 1 N–H and O–H groups in total. The molecule has 1 fully saturated rings. The van der Waals surface area contributed by atoms with Crippen LogP contribution < -0.4 is 10.1 Å². The van der Waals surface area contributed by atoms with Crippen molar-refractivity contribution in [3.63, 3.8) is 0 Å². The van der Waals surface area contributed by atoms with Crippen LogP contribution in [0.3, 0.4) is 0 Å². The highest BCUT2D eigenvalue weighted by Crippen LogP contribution is 2.35. The van der Waals surface area contributed by atoms with Crippen molar-refractivity contribution in [3.05, 3.63) is 27.8 Å². The smallest absolute Gasteiger partial charge is 0.303 e. The Bertz CT molecular complexity index is 721. The van der Waals surface area contributed by atoms with Crippen molar-refractivity contribution in [2.75, 3.05) is 18.5 Å². The number of nitrogens with zero attached hydrogens (tertiary/aromatic N) is 2. The summed E-state index contributed by atoms with van der Waals surface area (Å²) in [6.07, 6.45) is 2.09. The third-order valence-electron chi connectivity index (χ3n) is 3.27. The third kappa shape index (κ3) is 4.67. The van der Waals surface area contributed by atoms with Crippen LogP contribution in [0.2, 0.25) is 0 Å². The van der Waals surface area contributed by atoms with E-state index in [0.29, 0.717) is 12.5 Å². The lowest BCUT2D eigenvalue weighted by molar-refractivity contribution is -0.384. The highest BCUT2D eigenvalue weighted by molar-refractivity contribution is 5.95. The van der Waals surface area contributed by atoms with Crippen molar-refractivity contribution < 1.29 is 24.0 Å². The summed E-state index contributed by atoms with van der Waals surface area (Å²) < 4.78 is 10.1. The van der Waals surface area contributed by atoms with E-state index in [9.17, 15) is 19.7 Å². The van der Waals surface area contributed by atoms with E-state index in [2.05, 4.69) is 10.1 Å². The lowest BCUT2D eigenvalue weighted by Crippen LogP contribution is -2.20. The quantitative estimate of drug-likeness (QED) is 0.456. The van der Waals surface area contributed by atoms with Gasteiger partial charge in [-0.15, -0.1) is 0 Å². The Kier molecular flexibility index (Phi) is 5.31. The first-order chi connectivity index (χ1) is 11.4. The normalized spacial score (nSPS) is 12.8. The fourth-order valence-corrected chi connectivity index (χ4v) is 1.87. The molecule has 1 aromatic rings. The molecule has 0 aromatic heterocycles. The molecular weight excluding hydrogens is 318 g/mol. The Morgan fingerprint density at radius 1 is 1.46 bits per heavy atom. The third-order valence-corrected chi connectivity index (χ3v) is 3.27. The molecule has 0 bridgehead atoms. The van der Waals surface area contributed by atoms with E-state index in [1.54, 1.807) is 0 Å². The second-order valence-corrected chi connectivity index (χ2v) is 5.32. The summed E-state index contributed by atoms with van der Waals surface area (Å²) in [6.45, 7) is 0.985. The van der Waals surface area contributed by atoms with Crippen molar-refractivity contribution >= 4 is 23.3 Å². The van der Waals surface area contributed by atoms with Crippen molar-refractivity contribution in [2.24, 2.45) is 5.92 Å². The summed E-state index contributed by atoms with van der Waals surface area (Å²) >= 11 is 0. The van der Waals surface area contributed by atoms with Gasteiger partial charge in [-0.25, -0.2) is 0 Å². The Morgan fingerprint density at radius 2 is 2.17 bits per heavy atom. The van der Waals surface area contributed by atoms with E-state index in [4.69, 9.17) is 10.00 Å². The number of anilines is 1. The first kappa shape index (κ1) is 17.2. The number of nitriles is 1. The summed E-state index contributed by atoms with van der Waals surface area (Å²) in [5, 5.41) is 22.6. The molecule has 0 radical (unpaired) electrons. The van der Waals surface area contributed by atoms with Crippen LogP contribution in [0.15, 0.2) is 12.1 Å². The van der Waals surface area contributed by atoms with Gasteiger partial charge in [-0.05, 0) is 18.8 Å². The van der Waals surface area contributed by atoms with Crippen LogP contribution in [0.4, 0.5) is 11.4 Å². The van der Waals surface area contributed by atoms with Crippen LogP contribution in [0, 0.1) is 27.4 Å². The van der Waals surface area contributed by atoms with Crippen LogP contribution >= 0.6 is 0 Å². The molecule has 0 saturated heterocycles. The molecule has 1 aromatic carbocycles. The zero-order valence-electron chi connectivity index (χ0n) is 12.9. The van der Waals surface area contributed by atoms with Gasteiger partial charge in [0.1, 0.15) is 23.1 Å². The first-order valence-electron chi connectivity index (χ1n) is 7.19. The number of nitrogens with one attached hydrogen (secondary N) is 1. The molecule has 24 heavy (non-hydrogen) atoms. The largest absolute Gasteiger partial charge is 0.492 e. The van der Waals surface area contributed by atoms with Gasteiger partial charge < -0.3 is 14.8 Å². The number of hydrogen-bond donors (Lipinski definition) is 1. The molecule has 0 aliphatic heterocycles. The van der Waals surface area contributed by atoms with E-state index in [0.717, 1.165) is 25.8 Å². The Balaban J connectivity index is 2.23. The van der Waals surface area contributed by atoms with E-state index in [1.807, 2.05) is 6.07 Å². The van der Waals surface area contributed by atoms with Crippen LogP contribution in [-0.2, 0) is 14.3 Å². The van der Waals surface area contributed by atoms with E-state index < -0.39 is 29.1 Å². The number of rotatable bonds is 7. The number of amides is 1. The molecule has 1 amide bonds. The Morgan fingerprint density at radius 3 is 2.71 bits per heavy atom. The number of nitro benzene ring substituents is 1. The zero-order valence-corrected chi connectivity index (χ0v) is 12.9. The van der Waals surface area contributed by atoms with Crippen molar-refractivity contribution in [3.8, 4) is 11.8 Å². The lowest BCUT2D eigenvalue weighted by Gasteiger charge is -2.11. The summed E-state index contributed by atoms with van der Waals surface area (Å²) in [6, 6.07) is 4.13. The number of carbonyl (C=O) groups excluding carboxylic acids is 2. The molecule has 0 unspecified atom stereocenters. The van der Waals surface area contributed by atoms with Crippen LogP contribution in [0.1, 0.15) is 25.3 Å². The Hall–Kier alpha value is -3.15. The molecule has 1 aliphatic carbocycles. The van der Waals surface area contributed by atoms with Gasteiger partial charge in [0, 0.05) is 19.1 Å². The minimum Gasteiger partial charge on any atom is -0.492 e. The molecule has 2 rings (SSSR count). The average Bonchev–Trinajstić information content (AvgIpc) is 3.35. The van der Waals surface area contributed by atoms with E-state index in [-0.39, 0.29) is 17.0 Å². The SMILES string of the molecule is CC(=O)OCC(=O)Nc1cc(OCC2CC2)c(C#N)cc1[N+](=O)[O-]. The van der Waals surface area contributed by atoms with E-state index >= 15 is 0 Å². The average molecular weight is 333 g/mol. The molecular formula is C15H15N3O6. The number of ether oxygens (including phenoxy) is 2. The molecule has 126 valence electrons. The predicted molar refractivity (Wildman–Crippen MR) is 81.3 cm³/mol. The zero-order chi connectivity index (χ0) is 17.7. The number of nitro groups is 1. The lowest BCUT2D eigenvalue weighted by atomic mass is 10.1. The van der Waals surface area contributed by atoms with Gasteiger partial charge in [-0.1, -0.05) is 0 Å². The van der Waals surface area contributed by atoms with Gasteiger partial charge in [0.25, 0.3) is 11.6 Å². The maximum Gasteiger partial charge on any atom is 0.303 e. The van der Waals surface area contributed by atoms with Crippen molar-refractivity contribution in [2.45, 2.75) is 19.8 Å². The molecule has 0 atom stereocenters. The fraction of sp³-hybridized carbons (Fsp3) is 0.400. The summed E-state index contributed by atoms with van der Waals surface area (Å²) in [5.74, 6) is -0.786. The van der Waals surface area contributed by atoms with Crippen molar-refractivity contribution in [1.82, 2.24) is 0 Å². The van der Waals surface area contributed by atoms with Gasteiger partial charge in [0.2, 0.25) is 0 Å². The summed E-state index contributed by atoms with van der Waals surface area (Å²) in [5.41, 5.74) is -0.552. The van der Waals surface area contributed by atoms with Gasteiger partial charge in [0.15, 0.2) is 6.61 Å². The number of benzene rings is 1. The number of esters is 1. The van der Waals surface area contributed by atoms with Gasteiger partial charge in [-0.2, -0.15) is 5.26 Å². The van der Waals surface area contributed by atoms with Gasteiger partial charge in [0.05, 0.1) is 11.5 Å². The monoisotopic (exact) mass is 333 g/mol. The number of hydrogen-bond acceptors (Lipinski definition) is 7. The maximum absolute atomic E-state index is 11.7. The van der Waals surface area contributed by atoms with Crippen molar-refractivity contribution in [1.29, 1.82) is 5.26 Å². The van der Waals surface area contributed by atoms with Gasteiger partial charge >= 0.3 is 5.97 Å². The number of carbonyl (C=O) groups is 2. The highest BCUT2D eigenvalue weighted by Gasteiger charge is 2.25. The first-order valence-corrected chi connectivity index (χ1v) is 7.19. The summed E-state index contributed by atoms with van der Waals surface area (Å²) in [7, 11) is 0. The summed E-state index contributed by atoms with van der Waals surface area (Å²) in [4.78, 5) is 32.8. The molecule has 1 aliphatic rings. The second kappa shape index (κ2) is 7.41. The van der Waals surface area contributed by atoms with Gasteiger partial charge in [-0.3, -0.25) is 19.7 Å².